The minimum atomic E-state index is -1.33. The number of rotatable bonds is 5. The average molecular weight is 450 g/mol. The SMILES string of the molecule is C[C@H](NC(=O)OCC1c2ccccc2-c2ccccc21)C(=O)N1CC2CCOC2(C(=O)O)C1. The van der Waals surface area contributed by atoms with E-state index in [1.165, 1.54) is 4.90 Å². The summed E-state index contributed by atoms with van der Waals surface area (Å²) in [6.45, 7) is 2.41. The van der Waals surface area contributed by atoms with E-state index in [1.807, 2.05) is 36.4 Å². The fraction of sp³-hybridized carbons (Fsp3) is 0.400. The minimum Gasteiger partial charge on any atom is -0.479 e. The Morgan fingerprint density at radius 3 is 2.39 bits per heavy atom. The van der Waals surface area contributed by atoms with Gasteiger partial charge in [0.05, 0.1) is 6.54 Å². The molecule has 0 aromatic heterocycles. The van der Waals surface area contributed by atoms with E-state index in [-0.39, 0.29) is 30.9 Å². The second-order valence-electron chi connectivity index (χ2n) is 8.94. The lowest BCUT2D eigenvalue weighted by molar-refractivity contribution is -0.161. The van der Waals surface area contributed by atoms with Crippen molar-refractivity contribution in [3.8, 4) is 11.1 Å². The number of carboxylic acids is 1. The molecule has 2 N–H and O–H groups in total. The van der Waals surface area contributed by atoms with Gasteiger partial charge >= 0.3 is 12.1 Å². The number of likely N-dealkylation sites (tertiary alicyclic amines) is 1. The third kappa shape index (κ3) is 3.54. The predicted octanol–water partition coefficient (Wildman–Crippen LogP) is 2.62. The summed E-state index contributed by atoms with van der Waals surface area (Å²) in [5.74, 6) is -1.69. The van der Waals surface area contributed by atoms with Crippen LogP contribution in [0.3, 0.4) is 0 Å². The highest BCUT2D eigenvalue weighted by atomic mass is 16.5. The molecule has 0 saturated carbocycles. The van der Waals surface area contributed by atoms with E-state index in [2.05, 4.69) is 17.4 Å². The molecular weight excluding hydrogens is 424 g/mol. The van der Waals surface area contributed by atoms with Crippen molar-refractivity contribution in [1.29, 1.82) is 0 Å². The lowest BCUT2D eigenvalue weighted by Crippen LogP contribution is -2.49. The summed E-state index contributed by atoms with van der Waals surface area (Å²) in [4.78, 5) is 38.6. The first-order valence-corrected chi connectivity index (χ1v) is 11.2. The number of nitrogens with one attached hydrogen (secondary N) is 1. The van der Waals surface area contributed by atoms with Crippen molar-refractivity contribution < 1.29 is 29.0 Å². The molecule has 0 radical (unpaired) electrons. The molecule has 2 aromatic carbocycles. The van der Waals surface area contributed by atoms with Crippen LogP contribution in [0.1, 0.15) is 30.4 Å². The van der Waals surface area contributed by atoms with E-state index < -0.39 is 23.7 Å². The summed E-state index contributed by atoms with van der Waals surface area (Å²) in [5.41, 5.74) is 3.16. The molecule has 172 valence electrons. The molecule has 8 nitrogen and oxygen atoms in total. The van der Waals surface area contributed by atoms with Crippen molar-refractivity contribution >= 4 is 18.0 Å². The van der Waals surface area contributed by atoms with Gasteiger partial charge in [-0.1, -0.05) is 48.5 Å². The van der Waals surface area contributed by atoms with Crippen LogP contribution in [0.5, 0.6) is 0 Å². The summed E-state index contributed by atoms with van der Waals surface area (Å²) in [5, 5.41) is 12.2. The normalized spacial score (nSPS) is 24.0. The summed E-state index contributed by atoms with van der Waals surface area (Å²) in [6.07, 6.45) is -0.0779. The predicted molar refractivity (Wildman–Crippen MR) is 119 cm³/mol. The molecule has 5 rings (SSSR count). The zero-order valence-corrected chi connectivity index (χ0v) is 18.3. The molecule has 2 aromatic rings. The van der Waals surface area contributed by atoms with Crippen LogP contribution in [0.25, 0.3) is 11.1 Å². The summed E-state index contributed by atoms with van der Waals surface area (Å²) >= 11 is 0. The van der Waals surface area contributed by atoms with Crippen molar-refractivity contribution in [2.24, 2.45) is 5.92 Å². The van der Waals surface area contributed by atoms with Gasteiger partial charge < -0.3 is 24.8 Å². The van der Waals surface area contributed by atoms with E-state index in [4.69, 9.17) is 9.47 Å². The van der Waals surface area contributed by atoms with Gasteiger partial charge in [-0.2, -0.15) is 0 Å². The zero-order chi connectivity index (χ0) is 23.2. The van der Waals surface area contributed by atoms with Gasteiger partial charge in [-0.05, 0) is 35.6 Å². The number of nitrogens with zero attached hydrogens (tertiary/aromatic N) is 1. The van der Waals surface area contributed by atoms with Crippen LogP contribution in [-0.4, -0.2) is 65.9 Å². The first-order valence-electron chi connectivity index (χ1n) is 11.2. The monoisotopic (exact) mass is 450 g/mol. The molecule has 2 unspecified atom stereocenters. The minimum absolute atomic E-state index is 0.0114. The molecule has 8 heteroatoms. The summed E-state index contributed by atoms with van der Waals surface area (Å²) in [6, 6.07) is 15.3. The maximum atomic E-state index is 12.9. The van der Waals surface area contributed by atoms with Gasteiger partial charge in [-0.25, -0.2) is 9.59 Å². The van der Waals surface area contributed by atoms with Crippen molar-refractivity contribution in [1.82, 2.24) is 10.2 Å². The topological polar surface area (TPSA) is 105 Å². The Morgan fingerprint density at radius 2 is 1.79 bits per heavy atom. The van der Waals surface area contributed by atoms with Crippen LogP contribution < -0.4 is 5.32 Å². The third-order valence-electron chi connectivity index (χ3n) is 7.07. The maximum Gasteiger partial charge on any atom is 0.407 e. The van der Waals surface area contributed by atoms with Crippen molar-refractivity contribution in [3.63, 3.8) is 0 Å². The number of fused-ring (bicyclic) bond motifs is 4. The van der Waals surface area contributed by atoms with E-state index >= 15 is 0 Å². The van der Waals surface area contributed by atoms with Gasteiger partial charge in [0.1, 0.15) is 12.6 Å². The number of hydrogen-bond acceptors (Lipinski definition) is 5. The van der Waals surface area contributed by atoms with E-state index in [1.54, 1.807) is 6.92 Å². The van der Waals surface area contributed by atoms with Crippen LogP contribution in [0.4, 0.5) is 4.79 Å². The lowest BCUT2D eigenvalue weighted by atomic mass is 9.91. The van der Waals surface area contributed by atoms with E-state index in [0.717, 1.165) is 22.3 Å². The number of ether oxygens (including phenoxy) is 2. The maximum absolute atomic E-state index is 12.9. The van der Waals surface area contributed by atoms with Crippen LogP contribution >= 0.6 is 0 Å². The van der Waals surface area contributed by atoms with E-state index in [0.29, 0.717) is 19.6 Å². The van der Waals surface area contributed by atoms with Gasteiger partial charge in [0.15, 0.2) is 5.60 Å². The van der Waals surface area contributed by atoms with Crippen LogP contribution in [-0.2, 0) is 19.1 Å². The number of hydrogen-bond donors (Lipinski definition) is 2. The zero-order valence-electron chi connectivity index (χ0n) is 18.3. The number of amides is 2. The first-order chi connectivity index (χ1) is 15.9. The first kappa shape index (κ1) is 21.5. The van der Waals surface area contributed by atoms with Gasteiger partial charge in [-0.3, -0.25) is 4.79 Å². The molecule has 2 saturated heterocycles. The van der Waals surface area contributed by atoms with Crippen LogP contribution in [0, 0.1) is 5.92 Å². The highest BCUT2D eigenvalue weighted by molar-refractivity contribution is 5.88. The molecule has 2 heterocycles. The average Bonchev–Trinajstić information content (AvgIpc) is 3.47. The highest BCUT2D eigenvalue weighted by Gasteiger charge is 2.58. The number of carbonyl (C=O) groups excluding carboxylic acids is 2. The Balaban J connectivity index is 1.20. The smallest absolute Gasteiger partial charge is 0.407 e. The Morgan fingerprint density at radius 1 is 1.15 bits per heavy atom. The molecule has 2 fully saturated rings. The number of carbonyl (C=O) groups is 3. The van der Waals surface area contributed by atoms with Crippen molar-refractivity contribution in [3.05, 3.63) is 59.7 Å². The molecular formula is C25H26N2O6. The number of aliphatic carboxylic acids is 1. The molecule has 2 amide bonds. The molecule has 0 bridgehead atoms. The second-order valence-corrected chi connectivity index (χ2v) is 8.94. The molecule has 3 aliphatic rings. The summed E-state index contributed by atoms with van der Waals surface area (Å²) in [7, 11) is 0. The molecule has 1 aliphatic carbocycles. The largest absolute Gasteiger partial charge is 0.479 e. The van der Waals surface area contributed by atoms with Crippen molar-refractivity contribution in [2.45, 2.75) is 30.9 Å². The van der Waals surface area contributed by atoms with Gasteiger partial charge in [0.2, 0.25) is 5.91 Å². The number of benzene rings is 2. The second kappa shape index (κ2) is 8.19. The molecule has 0 spiro atoms. The Labute approximate surface area is 191 Å². The van der Waals surface area contributed by atoms with Gasteiger partial charge in [0, 0.05) is 25.0 Å². The third-order valence-corrected chi connectivity index (χ3v) is 7.07. The van der Waals surface area contributed by atoms with Gasteiger partial charge in [0.25, 0.3) is 0 Å². The lowest BCUT2D eigenvalue weighted by Gasteiger charge is -2.25. The molecule has 2 aliphatic heterocycles. The van der Waals surface area contributed by atoms with Crippen LogP contribution in [0.2, 0.25) is 0 Å². The van der Waals surface area contributed by atoms with Gasteiger partial charge in [-0.15, -0.1) is 0 Å². The number of alkyl carbamates (subject to hydrolysis) is 1. The summed E-state index contributed by atoms with van der Waals surface area (Å²) < 4.78 is 11.0. The standard InChI is InChI=1S/C25H26N2O6/c1-15(22(28)27-12-16-10-11-33-25(16,14-27)23(29)30)26-24(31)32-13-21-19-8-4-2-6-17(19)18-7-3-5-9-20(18)21/h2-9,15-16,21H,10-14H2,1H3,(H,26,31)(H,29,30)/t15-,16?,25?/m0/s1. The Hall–Kier alpha value is -3.39. The fourth-order valence-corrected chi connectivity index (χ4v) is 5.39. The van der Waals surface area contributed by atoms with Crippen molar-refractivity contribution in [2.75, 3.05) is 26.3 Å². The molecule has 33 heavy (non-hydrogen) atoms. The van der Waals surface area contributed by atoms with Crippen LogP contribution in [0.15, 0.2) is 48.5 Å². The number of carboxylic acid groups (broad SMARTS) is 1. The highest BCUT2D eigenvalue weighted by Crippen LogP contribution is 2.44. The quantitative estimate of drug-likeness (QED) is 0.726. The molecule has 3 atom stereocenters. The Bertz CT molecular complexity index is 1070. The fourth-order valence-electron chi connectivity index (χ4n) is 5.39. The van der Waals surface area contributed by atoms with E-state index in [9.17, 15) is 19.5 Å². The Kier molecular flexibility index (Phi) is 5.32.